The van der Waals surface area contributed by atoms with Gasteiger partial charge in [-0.25, -0.2) is 0 Å². The molecule has 3 saturated carbocycles. The third kappa shape index (κ3) is 19.4. The van der Waals surface area contributed by atoms with E-state index in [2.05, 4.69) is 458 Å². The Morgan fingerprint density at radius 2 is 0.510 bits per heavy atom. The molecule has 12 heterocycles. The number of nitrogens with zero attached hydrogens (tertiary/aromatic N) is 12. The summed E-state index contributed by atoms with van der Waals surface area (Å²) in [5.74, 6) is 2.10. The summed E-state index contributed by atoms with van der Waals surface area (Å²) in [4.78, 5) is 26.7. The number of allylic oxidation sites excluding steroid dienone is 12. The summed E-state index contributed by atoms with van der Waals surface area (Å²) < 4.78 is 43.4. The summed E-state index contributed by atoms with van der Waals surface area (Å²) in [6.45, 7) is 39.8. The van der Waals surface area contributed by atoms with Crippen LogP contribution in [0, 0.1) is 81.0 Å². The molecule has 24 rings (SSSR count). The zero-order valence-electron chi connectivity index (χ0n) is 89.7. The van der Waals surface area contributed by atoms with Crippen LogP contribution in [-0.2, 0) is 10.8 Å². The van der Waals surface area contributed by atoms with E-state index in [0.717, 1.165) is 40.1 Å². The minimum absolute atomic E-state index is 0. The van der Waals surface area contributed by atoms with Crippen molar-refractivity contribution in [3.8, 4) is 0 Å². The van der Waals surface area contributed by atoms with Gasteiger partial charge in [0.2, 0.25) is 0 Å². The lowest BCUT2D eigenvalue weighted by atomic mass is 9.68. The van der Waals surface area contributed by atoms with E-state index in [0.29, 0.717) is 18.0 Å². The molecule has 0 aromatic heterocycles. The number of hydrogen-bond acceptors (Lipinski definition) is 12. The van der Waals surface area contributed by atoms with E-state index in [4.69, 9.17) is 6.85 Å². The Morgan fingerprint density at radius 3 is 0.846 bits per heavy atom. The molecular formula is C131H172N12. The van der Waals surface area contributed by atoms with E-state index in [1.165, 1.54) is 202 Å². The van der Waals surface area contributed by atoms with Crippen molar-refractivity contribution in [2.75, 3.05) is 62.6 Å². The van der Waals surface area contributed by atoms with Gasteiger partial charge in [0.25, 0.3) is 0 Å². The van der Waals surface area contributed by atoms with Crippen LogP contribution < -0.4 is 29.4 Å². The van der Waals surface area contributed by atoms with Crippen LogP contribution in [-0.4, -0.2) is 68.8 Å². The Morgan fingerprint density at radius 1 is 0.245 bits per heavy atom. The van der Waals surface area contributed by atoms with Gasteiger partial charge in [-0.15, -0.1) is 0 Å². The standard InChI is InChI=1S/C31H32N2.C21H28N2.C21H22N2.C20H26N2.2C16H20N2.6CH4/c1-23-13-9-12-20-28(23)33-24(2)29-31(26-16-5-3-6-17-26,27-18-7-4-8-19-27)21-22-32(29)30(33)25-14-10-11-15-25;2*1-16-9-7-8-12-19(16)23-15-22-14-13-21(3,20(22)17(23)2)18-10-5-4-6-11-18;1-15-8-4-7-11-18(15)22-14-21-13-12-20(3,19(21)16(22)2)17-9-5-6-10-17;2*1-12-7-5-6-8-14(12)18-11-17-10-9-16(3,4)15(17)13(18)2;;;;;;/h3-9,12-13,16-22,25,30H,10-11,14-15H2,1-2H3;7-9,12-14,18H,4-6,10-11,15H2,1-3H3;4-14H,15H2,1-3H3;4,7-8,11-13,17H,5-6,9-10,14H2,1-3H3;2*5-10H,11H2,1-4H3;6*1H4/i;2*15D;14D;2*11D;;;;;;. The molecule has 12 heteroatoms. The molecule has 9 aromatic rings. The Balaban J connectivity index is 0.000000149. The SMILES string of the molecule is C.C.C.C.C.C.CC1=C2N(C=CC2(c2ccccc2)c2ccccc2)C(C2CCCC2)N1c1ccccc1C.[2H]C1N2C=CC(C)(C)C2=C(C)N1c1ccccc1C.[2H]C1N2C=CC(C)(C)C2=C(C)N1c1ccccc1C.[2H]C1N2C=CC(C)(C3CCCC3)C2=C(C)N1c1ccccc1C.[2H]C1N2C=CC(C)(C3CCCCC3)C2=C(C)N1c1ccccc1C.[2H]C1N2C=CC(C)(c3ccccc3)C2=C(C)N1c1ccccc1C. The predicted molar refractivity (Wildman–Crippen MR) is 614 cm³/mol. The van der Waals surface area contributed by atoms with Crippen LogP contribution in [0.4, 0.5) is 34.1 Å². The maximum Gasteiger partial charge on any atom is 0.113 e. The molecule has 12 nitrogen and oxygen atoms in total. The van der Waals surface area contributed by atoms with Crippen LogP contribution in [0.3, 0.4) is 0 Å². The van der Waals surface area contributed by atoms with Crippen molar-refractivity contribution in [2.45, 2.75) is 277 Å². The topological polar surface area (TPSA) is 38.9 Å². The zero-order valence-corrected chi connectivity index (χ0v) is 84.7. The maximum atomic E-state index is 8.83. The number of anilines is 6. The molecular weight excluding hydrogens is 1740 g/mol. The van der Waals surface area contributed by atoms with Gasteiger partial charge >= 0.3 is 0 Å². The average Bonchev–Trinajstić information content (AvgIpc) is 1.52. The number of para-hydroxylation sites is 6. The summed E-state index contributed by atoms with van der Waals surface area (Å²) in [6.07, 6.45) is 44.4. The van der Waals surface area contributed by atoms with Gasteiger partial charge in [-0.05, 0) is 239 Å². The first kappa shape index (κ1) is 101. The van der Waals surface area contributed by atoms with Crippen LogP contribution in [0.1, 0.15) is 275 Å². The molecule has 9 atom stereocenters. The highest BCUT2D eigenvalue weighted by molar-refractivity contribution is 5.71. The van der Waals surface area contributed by atoms with Gasteiger partial charge < -0.3 is 58.8 Å². The van der Waals surface area contributed by atoms with Crippen LogP contribution >= 0.6 is 0 Å². The molecule has 0 amide bonds. The molecule has 0 saturated heterocycles. The van der Waals surface area contributed by atoms with Crippen LogP contribution in [0.15, 0.2) is 379 Å². The third-order valence-electron chi connectivity index (χ3n) is 32.7. The molecule has 3 fully saturated rings. The van der Waals surface area contributed by atoms with Crippen molar-refractivity contribution in [3.05, 3.63) is 429 Å². The summed E-state index contributed by atoms with van der Waals surface area (Å²) in [5.41, 5.74) is 33.4. The van der Waals surface area contributed by atoms with E-state index in [9.17, 15) is 0 Å². The van der Waals surface area contributed by atoms with Gasteiger partial charge in [0, 0.05) is 150 Å². The lowest BCUT2D eigenvalue weighted by molar-refractivity contribution is 0.213. The first-order valence-corrected chi connectivity index (χ1v) is 50.7. The van der Waals surface area contributed by atoms with Crippen LogP contribution in [0.5, 0.6) is 0 Å². The third-order valence-corrected chi connectivity index (χ3v) is 32.7. The molecule has 0 N–H and O–H groups in total. The average molecular weight is 1920 g/mol. The summed E-state index contributed by atoms with van der Waals surface area (Å²) in [7, 11) is 0. The number of rotatable bonds is 12. The Kier molecular flexibility index (Phi) is 30.6. The van der Waals surface area contributed by atoms with Crippen molar-refractivity contribution in [3.63, 3.8) is 0 Å². The minimum atomic E-state index is -0.456. The molecule has 12 aliphatic heterocycles. The fourth-order valence-electron chi connectivity index (χ4n) is 25.5. The predicted octanol–water partition coefficient (Wildman–Crippen LogP) is 34.2. The highest BCUT2D eigenvalue weighted by atomic mass is 15.4. The van der Waals surface area contributed by atoms with Gasteiger partial charge in [0.05, 0.1) is 62.3 Å². The van der Waals surface area contributed by atoms with Crippen LogP contribution in [0.25, 0.3) is 0 Å². The highest BCUT2D eigenvalue weighted by Crippen LogP contribution is 2.59. The van der Waals surface area contributed by atoms with Crippen molar-refractivity contribution in [2.24, 2.45) is 39.4 Å². The van der Waals surface area contributed by atoms with Gasteiger partial charge in [-0.3, -0.25) is 0 Å². The summed E-state index contributed by atoms with van der Waals surface area (Å²) in [5, 5.41) is 0. The molecule has 9 unspecified atom stereocenters. The molecule has 0 bridgehead atoms. The largest absolute Gasteiger partial charge is 0.331 e. The lowest BCUT2D eigenvalue weighted by Crippen LogP contribution is -2.43. The number of hydrogen-bond donors (Lipinski definition) is 0. The van der Waals surface area contributed by atoms with E-state index in [1.807, 2.05) is 42.5 Å². The Bertz CT molecular complexity index is 6470. The summed E-state index contributed by atoms with van der Waals surface area (Å²) in [6, 6.07) is 83.3. The molecule has 0 radical (unpaired) electrons. The fraction of sp³-hybridized carbons (Fsp3) is 0.405. The molecule has 3 aliphatic carbocycles. The monoisotopic (exact) mass is 1920 g/mol. The number of benzene rings is 9. The molecule has 0 spiro atoms. The van der Waals surface area contributed by atoms with Gasteiger partial charge in [0.15, 0.2) is 0 Å². The normalized spacial score (nSPS) is 25.9. The van der Waals surface area contributed by atoms with E-state index < -0.39 is 19.9 Å². The van der Waals surface area contributed by atoms with Gasteiger partial charge in [-0.1, -0.05) is 362 Å². The summed E-state index contributed by atoms with van der Waals surface area (Å²) >= 11 is 0. The second kappa shape index (κ2) is 43.6. The maximum absolute atomic E-state index is 8.83. The zero-order chi connectivity index (χ0) is 100.0. The smallest absolute Gasteiger partial charge is 0.113 e. The minimum Gasteiger partial charge on any atom is -0.331 e. The molecule has 9 aromatic carbocycles. The van der Waals surface area contributed by atoms with E-state index in [-0.39, 0.29) is 90.3 Å². The highest BCUT2D eigenvalue weighted by Gasteiger charge is 2.55. The first-order chi connectivity index (χ1) is 68.2. The molecule has 143 heavy (non-hydrogen) atoms. The number of aryl methyl sites for hydroxylation is 6. The second-order valence-electron chi connectivity index (χ2n) is 42.4. The quantitative estimate of drug-likeness (QED) is 0.117. The van der Waals surface area contributed by atoms with Crippen molar-refractivity contribution in [1.82, 2.24) is 29.4 Å². The van der Waals surface area contributed by atoms with Crippen molar-refractivity contribution >= 4 is 34.1 Å². The van der Waals surface area contributed by atoms with Crippen molar-refractivity contribution < 1.29 is 6.85 Å². The fourth-order valence-corrected chi connectivity index (χ4v) is 25.5. The second-order valence-corrected chi connectivity index (χ2v) is 42.4. The molecule has 756 valence electrons. The van der Waals surface area contributed by atoms with Crippen molar-refractivity contribution in [1.29, 1.82) is 0 Å². The first-order valence-electron chi connectivity index (χ1n) is 53.6. The van der Waals surface area contributed by atoms with Gasteiger partial charge in [0.1, 0.15) is 6.17 Å². The Labute approximate surface area is 872 Å². The Hall–Kier alpha value is -12.5. The van der Waals surface area contributed by atoms with Gasteiger partial charge in [-0.2, -0.15) is 0 Å². The van der Waals surface area contributed by atoms with E-state index >= 15 is 0 Å². The molecule has 15 aliphatic rings. The van der Waals surface area contributed by atoms with E-state index in [1.54, 1.807) is 0 Å². The lowest BCUT2D eigenvalue weighted by Gasteiger charge is -2.37. The number of fused-ring (bicyclic) bond motifs is 6. The van der Waals surface area contributed by atoms with Crippen LogP contribution in [0.2, 0.25) is 0 Å².